The van der Waals surface area contributed by atoms with E-state index in [0.717, 1.165) is 23.3 Å². The predicted octanol–water partition coefficient (Wildman–Crippen LogP) is 3.08. The Balaban J connectivity index is 1.58. The number of nitrogens with zero attached hydrogens (tertiary/aromatic N) is 2. The third-order valence-electron chi connectivity index (χ3n) is 5.03. The highest BCUT2D eigenvalue weighted by atomic mass is 16.5. The van der Waals surface area contributed by atoms with Crippen LogP contribution in [0.2, 0.25) is 0 Å². The SMILES string of the molecule is COc1ccc(C2=NN(C(=O)c3ccc4c(c3)C(=O)CC4)CC2)cc1OC. The summed E-state index contributed by atoms with van der Waals surface area (Å²) in [6, 6.07) is 11.0. The minimum Gasteiger partial charge on any atom is -0.493 e. The fourth-order valence-corrected chi connectivity index (χ4v) is 3.54. The van der Waals surface area contributed by atoms with E-state index in [4.69, 9.17) is 9.47 Å². The molecule has 1 heterocycles. The maximum absolute atomic E-state index is 12.8. The smallest absolute Gasteiger partial charge is 0.273 e. The average molecular weight is 364 g/mol. The minimum absolute atomic E-state index is 0.107. The van der Waals surface area contributed by atoms with Crippen molar-refractivity contribution in [3.05, 3.63) is 58.7 Å². The Morgan fingerprint density at radius 1 is 1.00 bits per heavy atom. The van der Waals surface area contributed by atoms with Crippen LogP contribution in [0.5, 0.6) is 11.5 Å². The molecule has 138 valence electrons. The fourth-order valence-electron chi connectivity index (χ4n) is 3.54. The molecule has 2 aliphatic rings. The van der Waals surface area contributed by atoms with E-state index in [1.807, 2.05) is 24.3 Å². The molecule has 0 atom stereocenters. The van der Waals surface area contributed by atoms with Crippen molar-refractivity contribution in [2.45, 2.75) is 19.3 Å². The molecule has 2 aromatic rings. The first-order valence-corrected chi connectivity index (χ1v) is 8.88. The van der Waals surface area contributed by atoms with Crippen molar-refractivity contribution in [1.82, 2.24) is 5.01 Å². The van der Waals surface area contributed by atoms with Crippen LogP contribution in [-0.4, -0.2) is 43.2 Å². The Morgan fingerprint density at radius 3 is 2.59 bits per heavy atom. The van der Waals surface area contributed by atoms with Crippen LogP contribution < -0.4 is 9.47 Å². The Labute approximate surface area is 157 Å². The first kappa shape index (κ1) is 17.3. The zero-order valence-electron chi connectivity index (χ0n) is 15.3. The van der Waals surface area contributed by atoms with E-state index < -0.39 is 0 Å². The van der Waals surface area contributed by atoms with Gasteiger partial charge < -0.3 is 9.47 Å². The second-order valence-electron chi connectivity index (χ2n) is 6.59. The number of amides is 1. The second-order valence-corrected chi connectivity index (χ2v) is 6.59. The number of aryl methyl sites for hydroxylation is 1. The third-order valence-corrected chi connectivity index (χ3v) is 5.03. The molecule has 27 heavy (non-hydrogen) atoms. The number of rotatable bonds is 4. The molecular formula is C21H20N2O4. The standard InChI is InChI=1S/C21H20N2O4/c1-26-19-8-6-14(12-20(19)27-2)17-9-10-23(22-17)21(25)15-4-3-13-5-7-18(24)16(13)11-15/h3-4,6,8,11-12H,5,7,9-10H2,1-2H3. The minimum atomic E-state index is -0.187. The van der Waals surface area contributed by atoms with Gasteiger partial charge in [0.05, 0.1) is 26.5 Å². The molecule has 0 N–H and O–H groups in total. The maximum Gasteiger partial charge on any atom is 0.273 e. The maximum atomic E-state index is 12.8. The van der Waals surface area contributed by atoms with Gasteiger partial charge in [0.1, 0.15) is 0 Å². The summed E-state index contributed by atoms with van der Waals surface area (Å²) in [6.07, 6.45) is 1.94. The van der Waals surface area contributed by atoms with Crippen molar-refractivity contribution in [3.63, 3.8) is 0 Å². The van der Waals surface area contributed by atoms with E-state index in [2.05, 4.69) is 5.10 Å². The van der Waals surface area contributed by atoms with E-state index in [9.17, 15) is 9.59 Å². The molecule has 0 unspecified atom stereocenters. The highest BCUT2D eigenvalue weighted by molar-refractivity contribution is 6.06. The molecule has 0 bridgehead atoms. The number of ketones is 1. The summed E-state index contributed by atoms with van der Waals surface area (Å²) < 4.78 is 10.6. The molecular weight excluding hydrogens is 344 g/mol. The molecule has 6 nitrogen and oxygen atoms in total. The summed E-state index contributed by atoms with van der Waals surface area (Å²) >= 11 is 0. The summed E-state index contributed by atoms with van der Waals surface area (Å²) in [5.41, 5.74) is 3.91. The molecule has 1 aliphatic carbocycles. The van der Waals surface area contributed by atoms with E-state index in [1.54, 1.807) is 26.4 Å². The van der Waals surface area contributed by atoms with Crippen LogP contribution in [0.4, 0.5) is 0 Å². The van der Waals surface area contributed by atoms with Gasteiger partial charge in [-0.25, -0.2) is 5.01 Å². The quantitative estimate of drug-likeness (QED) is 0.836. The Morgan fingerprint density at radius 2 is 1.81 bits per heavy atom. The van der Waals surface area contributed by atoms with Crippen LogP contribution in [-0.2, 0) is 6.42 Å². The van der Waals surface area contributed by atoms with Gasteiger partial charge in [0.15, 0.2) is 17.3 Å². The average Bonchev–Trinajstić information content (AvgIpc) is 3.34. The summed E-state index contributed by atoms with van der Waals surface area (Å²) in [5, 5.41) is 5.96. The zero-order valence-corrected chi connectivity index (χ0v) is 15.3. The van der Waals surface area contributed by atoms with E-state index in [0.29, 0.717) is 42.0 Å². The van der Waals surface area contributed by atoms with Gasteiger partial charge >= 0.3 is 0 Å². The molecule has 6 heteroatoms. The van der Waals surface area contributed by atoms with Crippen molar-refractivity contribution in [2.24, 2.45) is 5.10 Å². The van der Waals surface area contributed by atoms with Gasteiger partial charge in [0, 0.05) is 29.5 Å². The first-order valence-electron chi connectivity index (χ1n) is 8.88. The number of hydrogen-bond donors (Lipinski definition) is 0. The van der Waals surface area contributed by atoms with E-state index in [-0.39, 0.29) is 11.7 Å². The van der Waals surface area contributed by atoms with Crippen LogP contribution in [0.1, 0.15) is 44.7 Å². The van der Waals surface area contributed by atoms with Crippen molar-refractivity contribution in [2.75, 3.05) is 20.8 Å². The molecule has 1 amide bonds. The largest absolute Gasteiger partial charge is 0.493 e. The van der Waals surface area contributed by atoms with Gasteiger partial charge in [-0.05, 0) is 42.3 Å². The van der Waals surface area contributed by atoms with Crippen molar-refractivity contribution >= 4 is 17.4 Å². The molecule has 0 fully saturated rings. The molecule has 0 aromatic heterocycles. The molecule has 0 spiro atoms. The molecule has 0 radical (unpaired) electrons. The van der Waals surface area contributed by atoms with Gasteiger partial charge in [0.2, 0.25) is 0 Å². The summed E-state index contributed by atoms with van der Waals surface area (Å²) in [6.45, 7) is 0.507. The van der Waals surface area contributed by atoms with E-state index in [1.165, 1.54) is 5.01 Å². The van der Waals surface area contributed by atoms with Crippen LogP contribution in [0.3, 0.4) is 0 Å². The number of benzene rings is 2. The van der Waals surface area contributed by atoms with E-state index >= 15 is 0 Å². The lowest BCUT2D eigenvalue weighted by Gasteiger charge is -2.12. The lowest BCUT2D eigenvalue weighted by atomic mass is 10.1. The van der Waals surface area contributed by atoms with Crippen molar-refractivity contribution < 1.29 is 19.1 Å². The van der Waals surface area contributed by atoms with Gasteiger partial charge in [-0.3, -0.25) is 9.59 Å². The number of carbonyl (C=O) groups is 2. The topological polar surface area (TPSA) is 68.2 Å². The summed E-state index contributed by atoms with van der Waals surface area (Å²) in [4.78, 5) is 24.8. The molecule has 4 rings (SSSR count). The summed E-state index contributed by atoms with van der Waals surface area (Å²) in [5.74, 6) is 1.19. The monoisotopic (exact) mass is 364 g/mol. The number of hydrazone groups is 1. The highest BCUT2D eigenvalue weighted by Crippen LogP contribution is 2.29. The number of fused-ring (bicyclic) bond motifs is 1. The zero-order chi connectivity index (χ0) is 19.0. The van der Waals surface area contributed by atoms with Gasteiger partial charge in [-0.2, -0.15) is 5.10 Å². The van der Waals surface area contributed by atoms with Crippen molar-refractivity contribution in [3.8, 4) is 11.5 Å². The second kappa shape index (κ2) is 6.87. The molecule has 0 saturated carbocycles. The van der Waals surface area contributed by atoms with Gasteiger partial charge in [-0.15, -0.1) is 0 Å². The van der Waals surface area contributed by atoms with Crippen LogP contribution in [0, 0.1) is 0 Å². The lowest BCUT2D eigenvalue weighted by Crippen LogP contribution is -2.23. The number of Topliss-reactive ketones (excluding diaryl/α,β-unsaturated/α-hetero) is 1. The Bertz CT molecular complexity index is 965. The molecule has 2 aromatic carbocycles. The highest BCUT2D eigenvalue weighted by Gasteiger charge is 2.26. The van der Waals surface area contributed by atoms with Crippen molar-refractivity contribution in [1.29, 1.82) is 0 Å². The Kier molecular flexibility index (Phi) is 4.39. The van der Waals surface area contributed by atoms with Crippen LogP contribution in [0.25, 0.3) is 0 Å². The third kappa shape index (κ3) is 3.07. The first-order chi connectivity index (χ1) is 13.1. The summed E-state index contributed by atoms with van der Waals surface area (Å²) in [7, 11) is 3.18. The fraction of sp³-hybridized carbons (Fsp3) is 0.286. The van der Waals surface area contributed by atoms with Crippen LogP contribution >= 0.6 is 0 Å². The lowest BCUT2D eigenvalue weighted by molar-refractivity contribution is 0.0778. The van der Waals surface area contributed by atoms with Gasteiger partial charge in [-0.1, -0.05) is 6.07 Å². The molecule has 0 saturated heterocycles. The van der Waals surface area contributed by atoms with Crippen LogP contribution in [0.15, 0.2) is 41.5 Å². The number of carbonyl (C=O) groups excluding carboxylic acids is 2. The number of hydrogen-bond acceptors (Lipinski definition) is 5. The number of ether oxygens (including phenoxy) is 2. The Hall–Kier alpha value is -3.15. The van der Waals surface area contributed by atoms with Gasteiger partial charge in [0.25, 0.3) is 5.91 Å². The number of methoxy groups -OCH3 is 2. The molecule has 1 aliphatic heterocycles. The predicted molar refractivity (Wildman–Crippen MR) is 101 cm³/mol. The normalized spacial score (nSPS) is 15.6.